The molecule has 4 aromatic rings. The summed E-state index contributed by atoms with van der Waals surface area (Å²) >= 11 is 7.32. The summed E-state index contributed by atoms with van der Waals surface area (Å²) in [7, 11) is 1.79. The van der Waals surface area contributed by atoms with Crippen molar-refractivity contribution in [3.63, 3.8) is 0 Å². The Kier molecular flexibility index (Phi) is 7.16. The van der Waals surface area contributed by atoms with Gasteiger partial charge in [0, 0.05) is 18.6 Å². The van der Waals surface area contributed by atoms with Crippen LogP contribution in [0.5, 0.6) is 0 Å². The lowest BCUT2D eigenvalue weighted by Gasteiger charge is -2.22. The van der Waals surface area contributed by atoms with Crippen LogP contribution in [-0.2, 0) is 17.9 Å². The number of carbonyl (C=O) groups excluding carboxylic acids is 1. The van der Waals surface area contributed by atoms with Gasteiger partial charge in [-0.2, -0.15) is 0 Å². The van der Waals surface area contributed by atoms with E-state index in [0.717, 1.165) is 11.1 Å². The van der Waals surface area contributed by atoms with E-state index in [0.29, 0.717) is 34.2 Å². The predicted octanol–water partition coefficient (Wildman–Crippen LogP) is 5.24. The molecule has 0 unspecified atom stereocenters. The fraction of sp³-hybridized carbons (Fsp3) is 0.192. The number of thioether (sulfide) groups is 1. The van der Waals surface area contributed by atoms with E-state index in [1.165, 1.54) is 11.8 Å². The average molecular weight is 478 g/mol. The second-order valence-corrected chi connectivity index (χ2v) is 9.61. The molecular weight excluding hydrogens is 454 g/mol. The van der Waals surface area contributed by atoms with Crippen molar-refractivity contribution in [1.82, 2.24) is 14.5 Å². The molecule has 0 spiro atoms. The first kappa shape index (κ1) is 23.1. The number of hydrogen-bond acceptors (Lipinski definition) is 4. The zero-order valence-corrected chi connectivity index (χ0v) is 20.0. The SMILES string of the molecule is C[C@H](Sc1nc2ccccc2c(=O)n1Cc1ccc(Cl)cc1)C(=O)N(C)Cc1ccccc1. The van der Waals surface area contributed by atoms with Gasteiger partial charge in [0.1, 0.15) is 0 Å². The topological polar surface area (TPSA) is 55.2 Å². The third kappa shape index (κ3) is 5.46. The number of nitrogens with zero attached hydrogens (tertiary/aromatic N) is 3. The molecule has 4 rings (SSSR count). The number of fused-ring (bicyclic) bond motifs is 1. The maximum Gasteiger partial charge on any atom is 0.262 e. The van der Waals surface area contributed by atoms with Gasteiger partial charge in [-0.1, -0.05) is 78.0 Å². The smallest absolute Gasteiger partial charge is 0.262 e. The van der Waals surface area contributed by atoms with Crippen LogP contribution in [0.15, 0.2) is 88.8 Å². The molecule has 33 heavy (non-hydrogen) atoms. The molecule has 0 saturated heterocycles. The highest BCUT2D eigenvalue weighted by Crippen LogP contribution is 2.25. The Morgan fingerprint density at radius 1 is 1.00 bits per heavy atom. The van der Waals surface area contributed by atoms with E-state index >= 15 is 0 Å². The van der Waals surface area contributed by atoms with Crippen LogP contribution in [-0.4, -0.2) is 32.7 Å². The highest BCUT2D eigenvalue weighted by atomic mass is 35.5. The van der Waals surface area contributed by atoms with E-state index < -0.39 is 5.25 Å². The molecule has 7 heteroatoms. The molecule has 0 N–H and O–H groups in total. The van der Waals surface area contributed by atoms with Gasteiger partial charge in [-0.05, 0) is 42.3 Å². The monoisotopic (exact) mass is 477 g/mol. The largest absolute Gasteiger partial charge is 0.340 e. The van der Waals surface area contributed by atoms with Crippen LogP contribution >= 0.6 is 23.4 Å². The summed E-state index contributed by atoms with van der Waals surface area (Å²) in [6.45, 7) is 2.71. The number of benzene rings is 3. The fourth-order valence-corrected chi connectivity index (χ4v) is 4.75. The number of aromatic nitrogens is 2. The highest BCUT2D eigenvalue weighted by Gasteiger charge is 2.22. The quantitative estimate of drug-likeness (QED) is 0.270. The van der Waals surface area contributed by atoms with Gasteiger partial charge in [-0.3, -0.25) is 14.2 Å². The van der Waals surface area contributed by atoms with E-state index in [2.05, 4.69) is 0 Å². The Balaban J connectivity index is 1.63. The second-order valence-electron chi connectivity index (χ2n) is 7.87. The third-order valence-corrected chi connectivity index (χ3v) is 6.68. The van der Waals surface area contributed by atoms with Gasteiger partial charge in [0.15, 0.2) is 5.16 Å². The van der Waals surface area contributed by atoms with Gasteiger partial charge in [0.2, 0.25) is 5.91 Å². The standard InChI is InChI=1S/C26H24ClN3O2S/c1-18(24(31)29(2)16-19-8-4-3-5-9-19)33-26-28-23-11-7-6-10-22(23)25(32)30(26)17-20-12-14-21(27)15-13-20/h3-15,18H,16-17H2,1-2H3/t18-/m0/s1. The summed E-state index contributed by atoms with van der Waals surface area (Å²) in [6.07, 6.45) is 0. The molecule has 0 aliphatic carbocycles. The molecule has 5 nitrogen and oxygen atoms in total. The Hall–Kier alpha value is -3.09. The van der Waals surface area contributed by atoms with Crippen LogP contribution in [0.4, 0.5) is 0 Å². The van der Waals surface area contributed by atoms with Crippen molar-refractivity contribution in [2.45, 2.75) is 30.4 Å². The van der Waals surface area contributed by atoms with Crippen molar-refractivity contribution in [2.75, 3.05) is 7.05 Å². The number of para-hydroxylation sites is 1. The predicted molar refractivity (Wildman–Crippen MR) is 135 cm³/mol. The number of hydrogen-bond donors (Lipinski definition) is 0. The molecule has 0 bridgehead atoms. The lowest BCUT2D eigenvalue weighted by Crippen LogP contribution is -2.33. The van der Waals surface area contributed by atoms with Gasteiger partial charge in [0.25, 0.3) is 5.56 Å². The third-order valence-electron chi connectivity index (χ3n) is 5.35. The molecule has 0 aliphatic rings. The van der Waals surface area contributed by atoms with Crippen LogP contribution in [0, 0.1) is 0 Å². The summed E-state index contributed by atoms with van der Waals surface area (Å²) in [4.78, 5) is 32.9. The van der Waals surface area contributed by atoms with Crippen LogP contribution in [0.25, 0.3) is 10.9 Å². The molecule has 3 aromatic carbocycles. The summed E-state index contributed by atoms with van der Waals surface area (Å²) < 4.78 is 1.64. The Morgan fingerprint density at radius 3 is 2.39 bits per heavy atom. The van der Waals surface area contributed by atoms with Crippen molar-refractivity contribution in [3.05, 3.63) is 105 Å². The first-order valence-electron chi connectivity index (χ1n) is 10.6. The maximum atomic E-state index is 13.3. The average Bonchev–Trinajstić information content (AvgIpc) is 2.83. The second kappa shape index (κ2) is 10.2. The highest BCUT2D eigenvalue weighted by molar-refractivity contribution is 8.00. The number of rotatable bonds is 7. The number of halogens is 1. The minimum atomic E-state index is -0.414. The normalized spacial score (nSPS) is 12.0. The Morgan fingerprint density at radius 2 is 1.67 bits per heavy atom. The summed E-state index contributed by atoms with van der Waals surface area (Å²) in [5, 5.41) is 1.29. The van der Waals surface area contributed by atoms with E-state index in [1.54, 1.807) is 34.7 Å². The van der Waals surface area contributed by atoms with Crippen LogP contribution in [0.3, 0.4) is 0 Å². The maximum absolute atomic E-state index is 13.3. The summed E-state index contributed by atoms with van der Waals surface area (Å²) in [6, 6.07) is 24.5. The Labute approximate surface area is 202 Å². The molecule has 0 aliphatic heterocycles. The van der Waals surface area contributed by atoms with Gasteiger partial charge in [-0.25, -0.2) is 4.98 Å². The molecular formula is C26H24ClN3O2S. The molecule has 0 radical (unpaired) electrons. The van der Waals surface area contributed by atoms with Crippen LogP contribution < -0.4 is 5.56 Å². The van der Waals surface area contributed by atoms with E-state index in [-0.39, 0.29) is 11.5 Å². The van der Waals surface area contributed by atoms with Crippen molar-refractivity contribution in [1.29, 1.82) is 0 Å². The minimum absolute atomic E-state index is 0.0238. The molecule has 0 fully saturated rings. The van der Waals surface area contributed by atoms with Gasteiger partial charge < -0.3 is 4.90 Å². The lowest BCUT2D eigenvalue weighted by atomic mass is 10.2. The number of carbonyl (C=O) groups is 1. The zero-order chi connectivity index (χ0) is 23.4. The molecule has 0 saturated carbocycles. The first-order chi connectivity index (χ1) is 15.9. The molecule has 1 heterocycles. The van der Waals surface area contributed by atoms with Gasteiger partial charge >= 0.3 is 0 Å². The van der Waals surface area contributed by atoms with E-state index in [4.69, 9.17) is 16.6 Å². The molecule has 168 valence electrons. The van der Waals surface area contributed by atoms with E-state index in [9.17, 15) is 9.59 Å². The fourth-order valence-electron chi connectivity index (χ4n) is 3.60. The molecule has 1 aromatic heterocycles. The lowest BCUT2D eigenvalue weighted by molar-refractivity contribution is -0.129. The van der Waals surface area contributed by atoms with Crippen molar-refractivity contribution >= 4 is 40.2 Å². The van der Waals surface area contributed by atoms with Crippen molar-refractivity contribution in [3.8, 4) is 0 Å². The van der Waals surface area contributed by atoms with Crippen molar-refractivity contribution < 1.29 is 4.79 Å². The molecule has 1 amide bonds. The minimum Gasteiger partial charge on any atom is -0.340 e. The van der Waals surface area contributed by atoms with Crippen molar-refractivity contribution in [2.24, 2.45) is 0 Å². The zero-order valence-electron chi connectivity index (χ0n) is 18.4. The van der Waals surface area contributed by atoms with E-state index in [1.807, 2.05) is 67.6 Å². The van der Waals surface area contributed by atoms with Gasteiger partial charge in [-0.15, -0.1) is 0 Å². The first-order valence-corrected chi connectivity index (χ1v) is 11.9. The molecule has 1 atom stereocenters. The number of amides is 1. The van der Waals surface area contributed by atoms with Gasteiger partial charge in [0.05, 0.1) is 22.7 Å². The Bertz CT molecular complexity index is 1320. The van der Waals surface area contributed by atoms with Crippen LogP contribution in [0.1, 0.15) is 18.1 Å². The van der Waals surface area contributed by atoms with Crippen LogP contribution in [0.2, 0.25) is 5.02 Å². The summed E-state index contributed by atoms with van der Waals surface area (Å²) in [5.41, 5.74) is 2.49. The summed E-state index contributed by atoms with van der Waals surface area (Å²) in [5.74, 6) is -0.0238.